The molecular weight excluding hydrogens is 396 g/mol. The number of methoxy groups -OCH3 is 1. The molecule has 0 radical (unpaired) electrons. The second kappa shape index (κ2) is 10.1. The van der Waals surface area contributed by atoms with Crippen molar-refractivity contribution in [3.63, 3.8) is 0 Å². The Balaban J connectivity index is 0.000000293. The Bertz CT molecular complexity index is 970. The number of aryl methyl sites for hydroxylation is 1. The Labute approximate surface area is 181 Å². The molecule has 2 aliphatic heterocycles. The monoisotopic (exact) mass is 424 g/mol. The van der Waals surface area contributed by atoms with E-state index in [1.54, 1.807) is 7.11 Å². The summed E-state index contributed by atoms with van der Waals surface area (Å²) in [5.41, 5.74) is 6.81. The van der Waals surface area contributed by atoms with Crippen LogP contribution in [0.4, 0.5) is 5.69 Å². The van der Waals surface area contributed by atoms with Crippen molar-refractivity contribution in [3.05, 3.63) is 59.7 Å². The van der Waals surface area contributed by atoms with Crippen LogP contribution >= 0.6 is 0 Å². The Kier molecular flexibility index (Phi) is 7.31. The standard InChI is InChI=1S/C20H24N2O.C4H4O4/c1-13-12-14(23-2)6-7-15(13)16-4-3-5-19-20(16)17-8-10-21-11-9-18(17)22-19;5-3(6)1-2-4(7)8/h3-7,12,17-18,21-22H,8-11H2,1-2H3;1-2H,(H,5,6)(H,7,8)/t17-,18-;/m1./s1. The molecule has 1 fully saturated rings. The minimum atomic E-state index is -1.26. The van der Waals surface area contributed by atoms with Crippen LogP contribution < -0.4 is 15.4 Å². The molecule has 0 aromatic heterocycles. The predicted octanol–water partition coefficient (Wildman–Crippen LogP) is 3.64. The quantitative estimate of drug-likeness (QED) is 0.555. The number of carbonyl (C=O) groups is 2. The van der Waals surface area contributed by atoms with Gasteiger partial charge in [0.15, 0.2) is 0 Å². The zero-order chi connectivity index (χ0) is 22.4. The Morgan fingerprint density at radius 1 is 1.03 bits per heavy atom. The second-order valence-electron chi connectivity index (χ2n) is 7.64. The smallest absolute Gasteiger partial charge is 0.328 e. The SMILES string of the molecule is COc1ccc(-c2cccc3c2[C@@H]2CCNCC[C@H]2N3)c(C)c1.O=C(O)C=CC(=O)O. The van der Waals surface area contributed by atoms with Gasteiger partial charge < -0.3 is 25.6 Å². The summed E-state index contributed by atoms with van der Waals surface area (Å²) < 4.78 is 5.36. The Hall–Kier alpha value is -3.32. The van der Waals surface area contributed by atoms with Crippen LogP contribution in [0.3, 0.4) is 0 Å². The van der Waals surface area contributed by atoms with Gasteiger partial charge in [0.25, 0.3) is 0 Å². The van der Waals surface area contributed by atoms with Gasteiger partial charge >= 0.3 is 11.9 Å². The van der Waals surface area contributed by atoms with Gasteiger partial charge in [0.05, 0.1) is 7.11 Å². The molecule has 7 nitrogen and oxygen atoms in total. The third-order valence-corrected chi connectivity index (χ3v) is 5.66. The van der Waals surface area contributed by atoms with Crippen molar-refractivity contribution in [2.24, 2.45) is 0 Å². The van der Waals surface area contributed by atoms with Crippen LogP contribution in [-0.2, 0) is 9.59 Å². The largest absolute Gasteiger partial charge is 0.497 e. The number of hydrogen-bond donors (Lipinski definition) is 4. The number of aliphatic carboxylic acids is 2. The highest BCUT2D eigenvalue weighted by molar-refractivity contribution is 5.89. The van der Waals surface area contributed by atoms with Gasteiger partial charge in [0.2, 0.25) is 0 Å². The molecule has 0 bridgehead atoms. The van der Waals surface area contributed by atoms with E-state index < -0.39 is 11.9 Å². The summed E-state index contributed by atoms with van der Waals surface area (Å²) in [6.45, 7) is 4.39. The number of ether oxygens (including phenoxy) is 1. The van der Waals surface area contributed by atoms with Crippen LogP contribution in [-0.4, -0.2) is 48.4 Å². The average Bonchev–Trinajstić information content (AvgIpc) is 2.94. The fourth-order valence-electron chi connectivity index (χ4n) is 4.29. The number of rotatable bonds is 4. The molecule has 0 unspecified atom stereocenters. The maximum atomic E-state index is 9.55. The predicted molar refractivity (Wildman–Crippen MR) is 120 cm³/mol. The lowest BCUT2D eigenvalue weighted by molar-refractivity contribution is -0.134. The van der Waals surface area contributed by atoms with Crippen molar-refractivity contribution < 1.29 is 24.5 Å². The number of nitrogens with one attached hydrogen (secondary N) is 2. The molecule has 2 heterocycles. The van der Waals surface area contributed by atoms with Gasteiger partial charge in [0, 0.05) is 29.8 Å². The number of anilines is 1. The molecule has 0 aliphatic carbocycles. The summed E-state index contributed by atoms with van der Waals surface area (Å²) in [5.74, 6) is -0.981. The van der Waals surface area contributed by atoms with Crippen LogP contribution in [0.15, 0.2) is 48.6 Å². The first-order chi connectivity index (χ1) is 14.9. The van der Waals surface area contributed by atoms with Gasteiger partial charge in [-0.2, -0.15) is 0 Å². The van der Waals surface area contributed by atoms with Crippen molar-refractivity contribution >= 4 is 17.6 Å². The van der Waals surface area contributed by atoms with Crippen molar-refractivity contribution in [1.82, 2.24) is 5.32 Å². The summed E-state index contributed by atoms with van der Waals surface area (Å²) >= 11 is 0. The summed E-state index contributed by atoms with van der Waals surface area (Å²) in [6.07, 6.45) is 3.52. The summed E-state index contributed by atoms with van der Waals surface area (Å²) in [4.78, 5) is 19.1. The van der Waals surface area contributed by atoms with Gasteiger partial charge in [-0.15, -0.1) is 0 Å². The first-order valence-corrected chi connectivity index (χ1v) is 10.3. The van der Waals surface area contributed by atoms with Gasteiger partial charge in [-0.05, 0) is 73.3 Å². The maximum absolute atomic E-state index is 9.55. The molecule has 2 aromatic carbocycles. The van der Waals surface area contributed by atoms with Crippen LogP contribution in [0, 0.1) is 6.92 Å². The Morgan fingerprint density at radius 3 is 2.39 bits per heavy atom. The second-order valence-corrected chi connectivity index (χ2v) is 7.64. The molecule has 4 rings (SSSR count). The molecule has 0 spiro atoms. The molecule has 164 valence electrons. The van der Waals surface area contributed by atoms with E-state index in [4.69, 9.17) is 14.9 Å². The van der Waals surface area contributed by atoms with E-state index in [0.29, 0.717) is 24.1 Å². The minimum absolute atomic E-state index is 0.558. The summed E-state index contributed by atoms with van der Waals surface area (Å²) in [7, 11) is 1.72. The number of benzene rings is 2. The molecule has 0 saturated carbocycles. The zero-order valence-corrected chi connectivity index (χ0v) is 17.7. The van der Waals surface area contributed by atoms with E-state index in [-0.39, 0.29) is 0 Å². The lowest BCUT2D eigenvalue weighted by Gasteiger charge is -2.19. The van der Waals surface area contributed by atoms with Crippen molar-refractivity contribution in [2.45, 2.75) is 31.7 Å². The van der Waals surface area contributed by atoms with Crippen LogP contribution in [0.1, 0.15) is 29.9 Å². The molecule has 2 atom stereocenters. The first kappa shape index (κ1) is 22.4. The molecular formula is C24H28N2O5. The van der Waals surface area contributed by atoms with E-state index in [9.17, 15) is 9.59 Å². The first-order valence-electron chi connectivity index (χ1n) is 10.3. The lowest BCUT2D eigenvalue weighted by atomic mass is 9.85. The van der Waals surface area contributed by atoms with Gasteiger partial charge in [0.1, 0.15) is 5.75 Å². The van der Waals surface area contributed by atoms with E-state index in [1.165, 1.54) is 40.8 Å². The van der Waals surface area contributed by atoms with E-state index in [2.05, 4.69) is 54.0 Å². The number of carboxylic acid groups (broad SMARTS) is 2. The van der Waals surface area contributed by atoms with Gasteiger partial charge in [-0.25, -0.2) is 9.59 Å². The molecule has 1 saturated heterocycles. The highest BCUT2D eigenvalue weighted by Crippen LogP contribution is 2.46. The van der Waals surface area contributed by atoms with Gasteiger partial charge in [-0.3, -0.25) is 0 Å². The van der Waals surface area contributed by atoms with E-state index >= 15 is 0 Å². The Morgan fingerprint density at radius 2 is 1.74 bits per heavy atom. The molecule has 0 amide bonds. The summed E-state index contributed by atoms with van der Waals surface area (Å²) in [5, 5.41) is 22.9. The molecule has 4 N–H and O–H groups in total. The molecule has 7 heteroatoms. The molecule has 2 aliphatic rings. The van der Waals surface area contributed by atoms with Crippen molar-refractivity contribution in [3.8, 4) is 16.9 Å². The lowest BCUT2D eigenvalue weighted by Crippen LogP contribution is -2.21. The zero-order valence-electron chi connectivity index (χ0n) is 17.7. The molecule has 31 heavy (non-hydrogen) atoms. The van der Waals surface area contributed by atoms with E-state index in [1.807, 2.05) is 0 Å². The van der Waals surface area contributed by atoms with Gasteiger partial charge in [-0.1, -0.05) is 18.2 Å². The normalized spacial score (nSPS) is 19.3. The summed E-state index contributed by atoms with van der Waals surface area (Å²) in [6, 6.07) is 13.6. The van der Waals surface area contributed by atoms with Crippen LogP contribution in [0.5, 0.6) is 5.75 Å². The minimum Gasteiger partial charge on any atom is -0.497 e. The van der Waals surface area contributed by atoms with Crippen LogP contribution in [0.25, 0.3) is 11.1 Å². The maximum Gasteiger partial charge on any atom is 0.328 e. The average molecular weight is 424 g/mol. The number of fused-ring (bicyclic) bond motifs is 3. The fraction of sp³-hybridized carbons (Fsp3) is 0.333. The van der Waals surface area contributed by atoms with Crippen molar-refractivity contribution in [2.75, 3.05) is 25.5 Å². The highest BCUT2D eigenvalue weighted by Gasteiger charge is 2.34. The van der Waals surface area contributed by atoms with Crippen molar-refractivity contribution in [1.29, 1.82) is 0 Å². The fourth-order valence-corrected chi connectivity index (χ4v) is 4.29. The third kappa shape index (κ3) is 5.44. The topological polar surface area (TPSA) is 108 Å². The highest BCUT2D eigenvalue weighted by atomic mass is 16.5. The third-order valence-electron chi connectivity index (χ3n) is 5.66. The van der Waals surface area contributed by atoms with Crippen LogP contribution in [0.2, 0.25) is 0 Å². The molecule has 2 aromatic rings. The van der Waals surface area contributed by atoms with E-state index in [0.717, 1.165) is 18.8 Å². The number of hydrogen-bond acceptors (Lipinski definition) is 5. The number of carboxylic acids is 2.